The van der Waals surface area contributed by atoms with Crippen molar-refractivity contribution in [3.05, 3.63) is 36.3 Å². The third-order valence-electron chi connectivity index (χ3n) is 1.88. The predicted octanol–water partition coefficient (Wildman–Crippen LogP) is 0.280. The van der Waals surface area contributed by atoms with E-state index in [1.54, 1.807) is 24.3 Å². The highest BCUT2D eigenvalue weighted by Gasteiger charge is 2.28. The minimum Gasteiger partial charge on any atom is -0.493 e. The molecule has 1 aliphatic heterocycles. The van der Waals surface area contributed by atoms with Crippen LogP contribution in [0.1, 0.15) is 0 Å². The smallest absolute Gasteiger partial charge is 0.330 e. The molecular formula is C8H9N3O3S. The lowest BCUT2D eigenvalue weighted by molar-refractivity contribution is 0.392. The van der Waals surface area contributed by atoms with Crippen LogP contribution < -0.4 is 14.8 Å². The number of nitrogens with two attached hydrogens (primary N) is 1. The van der Waals surface area contributed by atoms with Gasteiger partial charge < -0.3 is 10.8 Å². The summed E-state index contributed by atoms with van der Waals surface area (Å²) in [7, 11) is -3.70. The lowest BCUT2D eigenvalue weighted by Gasteiger charge is -2.13. The van der Waals surface area contributed by atoms with Crippen LogP contribution >= 0.6 is 0 Å². The van der Waals surface area contributed by atoms with Crippen LogP contribution in [0.4, 0.5) is 11.4 Å². The largest absolute Gasteiger partial charge is 0.493 e. The van der Waals surface area contributed by atoms with Crippen LogP contribution in [-0.4, -0.2) is 13.5 Å². The van der Waals surface area contributed by atoms with Crippen molar-refractivity contribution >= 4 is 21.6 Å². The first-order chi connectivity index (χ1) is 6.99. The van der Waals surface area contributed by atoms with Gasteiger partial charge in [-0.3, -0.25) is 0 Å². The van der Waals surface area contributed by atoms with Crippen molar-refractivity contribution < 1.29 is 13.5 Å². The molecule has 4 N–H and O–H groups in total. The van der Waals surface area contributed by atoms with Gasteiger partial charge in [0.15, 0.2) is 0 Å². The van der Waals surface area contributed by atoms with Gasteiger partial charge >= 0.3 is 10.2 Å². The van der Waals surface area contributed by atoms with Crippen LogP contribution in [0.25, 0.3) is 0 Å². The van der Waals surface area contributed by atoms with Crippen molar-refractivity contribution in [2.45, 2.75) is 0 Å². The first kappa shape index (κ1) is 9.66. The third-order valence-corrected chi connectivity index (χ3v) is 3.18. The predicted molar refractivity (Wildman–Crippen MR) is 56.1 cm³/mol. The maximum absolute atomic E-state index is 11.4. The zero-order valence-corrected chi connectivity index (χ0v) is 8.40. The molecule has 15 heavy (non-hydrogen) atoms. The fraction of sp³-hybridized carbons (Fsp3) is 0. The van der Waals surface area contributed by atoms with Crippen LogP contribution in [0.3, 0.4) is 0 Å². The Bertz CT molecular complexity index is 506. The van der Waals surface area contributed by atoms with Crippen molar-refractivity contribution in [2.24, 2.45) is 0 Å². The number of hydrogen-bond donors (Lipinski definition) is 3. The molecule has 1 heterocycles. The van der Waals surface area contributed by atoms with E-state index in [0.29, 0.717) is 11.4 Å². The summed E-state index contributed by atoms with van der Waals surface area (Å²) < 4.78 is 25.7. The van der Waals surface area contributed by atoms with Crippen LogP contribution in [0.5, 0.6) is 0 Å². The van der Waals surface area contributed by atoms with Gasteiger partial charge in [0.05, 0.1) is 11.9 Å². The summed E-state index contributed by atoms with van der Waals surface area (Å²) in [5, 5.41) is 9.06. The van der Waals surface area contributed by atoms with E-state index in [2.05, 4.69) is 0 Å². The van der Waals surface area contributed by atoms with E-state index in [1.807, 2.05) is 4.72 Å². The van der Waals surface area contributed by atoms with E-state index in [0.717, 1.165) is 10.5 Å². The molecule has 1 aromatic rings. The molecule has 0 saturated heterocycles. The number of aliphatic hydroxyl groups is 1. The molecule has 7 heteroatoms. The molecule has 0 spiro atoms. The molecule has 0 saturated carbocycles. The summed E-state index contributed by atoms with van der Waals surface area (Å²) in [4.78, 5) is 0. The Balaban J connectivity index is 2.43. The molecule has 0 atom stereocenters. The average Bonchev–Trinajstić information content (AvgIpc) is 2.41. The molecule has 0 fully saturated rings. The van der Waals surface area contributed by atoms with Crippen LogP contribution in [0, 0.1) is 0 Å². The van der Waals surface area contributed by atoms with Gasteiger partial charge in [0.25, 0.3) is 0 Å². The summed E-state index contributed by atoms with van der Waals surface area (Å²) in [6, 6.07) is 6.25. The van der Waals surface area contributed by atoms with Crippen molar-refractivity contribution in [3.63, 3.8) is 0 Å². The maximum Gasteiger partial charge on any atom is 0.330 e. The summed E-state index contributed by atoms with van der Waals surface area (Å²) in [5.41, 5.74) is 6.41. The third kappa shape index (κ3) is 1.68. The zero-order valence-electron chi connectivity index (χ0n) is 7.58. The molecule has 0 radical (unpaired) electrons. The maximum atomic E-state index is 11.4. The van der Waals surface area contributed by atoms with E-state index >= 15 is 0 Å². The molecule has 2 rings (SSSR count). The van der Waals surface area contributed by atoms with Gasteiger partial charge in [-0.2, -0.15) is 8.42 Å². The first-order valence-corrected chi connectivity index (χ1v) is 5.51. The van der Waals surface area contributed by atoms with Crippen LogP contribution in [-0.2, 0) is 10.2 Å². The molecule has 1 aromatic carbocycles. The highest BCUT2D eigenvalue weighted by atomic mass is 32.2. The Morgan fingerprint density at radius 3 is 2.33 bits per heavy atom. The number of nitrogens with zero attached hydrogens (tertiary/aromatic N) is 1. The Kier molecular flexibility index (Phi) is 1.97. The second kappa shape index (κ2) is 3.06. The van der Waals surface area contributed by atoms with Gasteiger partial charge in [-0.05, 0) is 24.3 Å². The molecule has 0 unspecified atom stereocenters. The first-order valence-electron chi connectivity index (χ1n) is 4.07. The monoisotopic (exact) mass is 227 g/mol. The Hall–Kier alpha value is -1.89. The van der Waals surface area contributed by atoms with Crippen molar-refractivity contribution in [2.75, 3.05) is 10.0 Å². The molecule has 1 aliphatic rings. The van der Waals surface area contributed by atoms with Gasteiger partial charge in [-0.1, -0.05) is 0 Å². The molecule has 0 amide bonds. The Morgan fingerprint density at radius 2 is 1.87 bits per heavy atom. The fourth-order valence-corrected chi connectivity index (χ4v) is 2.28. The van der Waals surface area contributed by atoms with Gasteiger partial charge in [-0.15, -0.1) is 0 Å². The highest BCUT2D eigenvalue weighted by Crippen LogP contribution is 2.23. The summed E-state index contributed by atoms with van der Waals surface area (Å²) in [6.07, 6.45) is 1.08. The lowest BCUT2D eigenvalue weighted by atomic mass is 10.3. The van der Waals surface area contributed by atoms with E-state index in [4.69, 9.17) is 10.8 Å². The number of aliphatic hydroxyl groups excluding tert-OH is 1. The fourth-order valence-electron chi connectivity index (χ4n) is 1.22. The number of nitrogen functional groups attached to an aromatic ring is 1. The lowest BCUT2D eigenvalue weighted by Crippen LogP contribution is -2.29. The van der Waals surface area contributed by atoms with Crippen LogP contribution in [0.2, 0.25) is 0 Å². The number of nitrogens with one attached hydrogen (secondary N) is 1. The van der Waals surface area contributed by atoms with Crippen LogP contribution in [0.15, 0.2) is 36.3 Å². The zero-order chi connectivity index (χ0) is 11.1. The normalized spacial score (nSPS) is 18.4. The molecule has 80 valence electrons. The standard InChI is InChI=1S/C8H9N3O3S/c9-6-1-3-7(4-2-6)11-5-8(12)10-15(11,13)14/h1-5,10,12H,9H2. The highest BCUT2D eigenvalue weighted by molar-refractivity contribution is 7.91. The minimum atomic E-state index is -3.70. The second-order valence-electron chi connectivity index (χ2n) is 3.01. The average molecular weight is 227 g/mol. The van der Waals surface area contributed by atoms with Crippen molar-refractivity contribution in [3.8, 4) is 0 Å². The molecule has 6 nitrogen and oxygen atoms in total. The number of hydrogen-bond acceptors (Lipinski definition) is 4. The SMILES string of the molecule is Nc1ccc(N2C=C(O)NS2(=O)=O)cc1. The van der Waals surface area contributed by atoms with Gasteiger partial charge in [0.1, 0.15) is 0 Å². The van der Waals surface area contributed by atoms with Crippen molar-refractivity contribution in [1.82, 2.24) is 4.72 Å². The van der Waals surface area contributed by atoms with E-state index in [-0.39, 0.29) is 0 Å². The molecule has 0 bridgehead atoms. The molecular weight excluding hydrogens is 218 g/mol. The number of anilines is 2. The van der Waals surface area contributed by atoms with E-state index in [1.165, 1.54) is 0 Å². The van der Waals surface area contributed by atoms with Gasteiger partial charge in [0, 0.05) is 5.69 Å². The van der Waals surface area contributed by atoms with Gasteiger partial charge in [-0.25, -0.2) is 9.03 Å². The van der Waals surface area contributed by atoms with Crippen molar-refractivity contribution in [1.29, 1.82) is 0 Å². The van der Waals surface area contributed by atoms with Gasteiger partial charge in [0.2, 0.25) is 5.88 Å². The Morgan fingerprint density at radius 1 is 1.27 bits per heavy atom. The summed E-state index contributed by atoms with van der Waals surface area (Å²) in [6.45, 7) is 0. The quantitative estimate of drug-likeness (QED) is 0.600. The molecule has 0 aromatic heterocycles. The number of rotatable bonds is 1. The van der Waals surface area contributed by atoms with E-state index in [9.17, 15) is 8.42 Å². The molecule has 0 aliphatic carbocycles. The summed E-state index contributed by atoms with van der Waals surface area (Å²) in [5.74, 6) is -0.410. The number of benzene rings is 1. The second-order valence-corrected chi connectivity index (χ2v) is 4.56. The minimum absolute atomic E-state index is 0.403. The van der Waals surface area contributed by atoms with E-state index < -0.39 is 16.1 Å². The Labute approximate surface area is 86.8 Å². The topological polar surface area (TPSA) is 95.7 Å². The summed E-state index contributed by atoms with van der Waals surface area (Å²) >= 11 is 0.